The van der Waals surface area contributed by atoms with Gasteiger partial charge in [0.25, 0.3) is 5.69 Å². The third-order valence-electron chi connectivity index (χ3n) is 3.31. The summed E-state index contributed by atoms with van der Waals surface area (Å²) >= 11 is 0. The number of nitro benzene ring substituents is 1. The average Bonchev–Trinajstić information content (AvgIpc) is 2.70. The van der Waals surface area contributed by atoms with Crippen molar-refractivity contribution in [2.75, 3.05) is 5.32 Å². The number of rotatable bonds is 5. The molecule has 9 nitrogen and oxygen atoms in total. The van der Waals surface area contributed by atoms with Gasteiger partial charge in [-0.3, -0.25) is 10.1 Å². The number of nitro groups is 1. The molecule has 0 saturated heterocycles. The molecule has 1 aromatic heterocycles. The maximum absolute atomic E-state index is 14.3. The molecule has 0 fully saturated rings. The standard InChI is InChI=1S/C13H14F3N5O4/c1-6(2)17-8-5-9(7(14)4-10(8)21(24)25)19-12(22)18(3)20(11(15)16)13(19)23/h4-6,11,17H,1-3H3. The lowest BCUT2D eigenvalue weighted by molar-refractivity contribution is -0.384. The van der Waals surface area contributed by atoms with Crippen LogP contribution >= 0.6 is 0 Å². The topological polar surface area (TPSA) is 104 Å². The zero-order chi connectivity index (χ0) is 19.0. The molecule has 0 spiro atoms. The van der Waals surface area contributed by atoms with Gasteiger partial charge in [-0.25, -0.2) is 23.2 Å². The number of hydrogen-bond donors (Lipinski definition) is 1. The molecule has 0 unspecified atom stereocenters. The van der Waals surface area contributed by atoms with Crippen LogP contribution in [0.2, 0.25) is 0 Å². The van der Waals surface area contributed by atoms with Gasteiger partial charge in [-0.15, -0.1) is 0 Å². The van der Waals surface area contributed by atoms with E-state index >= 15 is 0 Å². The molecule has 0 amide bonds. The molecule has 2 aromatic rings. The second-order valence-electron chi connectivity index (χ2n) is 5.42. The number of alkyl halides is 2. The summed E-state index contributed by atoms with van der Waals surface area (Å²) in [6.45, 7) is -0.00276. The average molecular weight is 361 g/mol. The van der Waals surface area contributed by atoms with E-state index in [-0.39, 0.29) is 21.0 Å². The molecule has 0 atom stereocenters. The fourth-order valence-electron chi connectivity index (χ4n) is 2.27. The summed E-state index contributed by atoms with van der Waals surface area (Å²) in [5, 5.41) is 13.7. The Morgan fingerprint density at radius 2 is 1.80 bits per heavy atom. The maximum Gasteiger partial charge on any atom is 0.356 e. The number of nitrogens with zero attached hydrogens (tertiary/aromatic N) is 4. The molecule has 1 aromatic carbocycles. The predicted molar refractivity (Wildman–Crippen MR) is 81.9 cm³/mol. The lowest BCUT2D eigenvalue weighted by Gasteiger charge is -2.12. The molecular weight excluding hydrogens is 347 g/mol. The van der Waals surface area contributed by atoms with Crippen molar-refractivity contribution in [2.24, 2.45) is 7.05 Å². The summed E-state index contributed by atoms with van der Waals surface area (Å²) in [4.78, 5) is 34.3. The Morgan fingerprint density at radius 1 is 1.20 bits per heavy atom. The number of aromatic nitrogens is 3. The van der Waals surface area contributed by atoms with Crippen LogP contribution in [0.5, 0.6) is 0 Å². The van der Waals surface area contributed by atoms with Gasteiger partial charge >= 0.3 is 17.9 Å². The summed E-state index contributed by atoms with van der Waals surface area (Å²) in [5.74, 6) is -1.27. The number of nitrogens with one attached hydrogen (secondary N) is 1. The quantitative estimate of drug-likeness (QED) is 0.643. The number of hydrogen-bond acceptors (Lipinski definition) is 5. The van der Waals surface area contributed by atoms with Crippen molar-refractivity contribution < 1.29 is 18.1 Å². The maximum atomic E-state index is 14.3. The van der Waals surface area contributed by atoms with Crippen LogP contribution in [-0.4, -0.2) is 24.9 Å². The minimum atomic E-state index is -3.32. The Hall–Kier alpha value is -3.05. The van der Waals surface area contributed by atoms with Gasteiger partial charge in [-0.2, -0.15) is 13.5 Å². The highest BCUT2D eigenvalue weighted by Gasteiger charge is 2.26. The second-order valence-corrected chi connectivity index (χ2v) is 5.42. The van der Waals surface area contributed by atoms with Crippen LogP contribution < -0.4 is 16.7 Å². The van der Waals surface area contributed by atoms with E-state index in [1.54, 1.807) is 13.8 Å². The third-order valence-corrected chi connectivity index (χ3v) is 3.31. The summed E-state index contributed by atoms with van der Waals surface area (Å²) in [6.07, 6.45) is 0. The molecule has 25 heavy (non-hydrogen) atoms. The lowest BCUT2D eigenvalue weighted by Crippen LogP contribution is -2.28. The van der Waals surface area contributed by atoms with Crippen molar-refractivity contribution in [3.63, 3.8) is 0 Å². The van der Waals surface area contributed by atoms with Crippen LogP contribution in [0, 0.1) is 15.9 Å². The largest absolute Gasteiger partial charge is 0.377 e. The van der Waals surface area contributed by atoms with E-state index in [1.165, 1.54) is 0 Å². The van der Waals surface area contributed by atoms with E-state index in [1.807, 2.05) is 0 Å². The van der Waals surface area contributed by atoms with Crippen molar-refractivity contribution in [1.82, 2.24) is 13.9 Å². The zero-order valence-electron chi connectivity index (χ0n) is 13.4. The van der Waals surface area contributed by atoms with E-state index in [4.69, 9.17) is 0 Å². The fourth-order valence-corrected chi connectivity index (χ4v) is 2.27. The van der Waals surface area contributed by atoms with Crippen molar-refractivity contribution in [1.29, 1.82) is 0 Å². The first kappa shape index (κ1) is 18.3. The molecular formula is C13H14F3N5O4. The van der Waals surface area contributed by atoms with Crippen LogP contribution in [0.25, 0.3) is 5.69 Å². The van der Waals surface area contributed by atoms with Gasteiger partial charge in [-0.05, 0) is 19.9 Å². The molecule has 0 aliphatic carbocycles. The van der Waals surface area contributed by atoms with Crippen molar-refractivity contribution in [2.45, 2.75) is 26.4 Å². The molecule has 12 heteroatoms. The molecule has 0 radical (unpaired) electrons. The van der Waals surface area contributed by atoms with E-state index in [2.05, 4.69) is 5.32 Å². The molecule has 0 aliphatic heterocycles. The highest BCUT2D eigenvalue weighted by atomic mass is 19.3. The van der Waals surface area contributed by atoms with Crippen molar-refractivity contribution in [3.05, 3.63) is 49.0 Å². The minimum Gasteiger partial charge on any atom is -0.377 e. The predicted octanol–water partition coefficient (Wildman–Crippen LogP) is 1.60. The van der Waals surface area contributed by atoms with Crippen LogP contribution in [0.4, 0.5) is 24.5 Å². The highest BCUT2D eigenvalue weighted by Crippen LogP contribution is 2.29. The summed E-state index contributed by atoms with van der Waals surface area (Å²) in [7, 11) is 0.920. The zero-order valence-corrected chi connectivity index (χ0v) is 13.4. The molecule has 1 N–H and O–H groups in total. The van der Waals surface area contributed by atoms with Gasteiger partial charge in [0.05, 0.1) is 16.7 Å². The third kappa shape index (κ3) is 3.14. The minimum absolute atomic E-state index is 0.154. The van der Waals surface area contributed by atoms with Crippen molar-refractivity contribution >= 4 is 11.4 Å². The van der Waals surface area contributed by atoms with Gasteiger partial charge in [0.15, 0.2) is 5.82 Å². The highest BCUT2D eigenvalue weighted by molar-refractivity contribution is 5.66. The number of halogens is 3. The van der Waals surface area contributed by atoms with E-state index in [0.717, 1.165) is 13.1 Å². The van der Waals surface area contributed by atoms with Gasteiger partial charge in [0.1, 0.15) is 5.69 Å². The van der Waals surface area contributed by atoms with Gasteiger partial charge in [0, 0.05) is 13.1 Å². The Morgan fingerprint density at radius 3 is 2.24 bits per heavy atom. The van der Waals surface area contributed by atoms with E-state index < -0.39 is 40.0 Å². The summed E-state index contributed by atoms with van der Waals surface area (Å²) in [6, 6.07) is 1.10. The van der Waals surface area contributed by atoms with Gasteiger partial charge in [-0.1, -0.05) is 0 Å². The summed E-state index contributed by atoms with van der Waals surface area (Å²) in [5.41, 5.74) is -4.12. The lowest BCUT2D eigenvalue weighted by atomic mass is 10.2. The number of anilines is 1. The first-order chi connectivity index (χ1) is 11.6. The molecule has 1 heterocycles. The Labute approximate surface area is 138 Å². The molecule has 0 saturated carbocycles. The van der Waals surface area contributed by atoms with E-state index in [0.29, 0.717) is 10.7 Å². The van der Waals surface area contributed by atoms with Gasteiger partial charge in [0.2, 0.25) is 0 Å². The SMILES string of the molecule is CC(C)Nc1cc(-n2c(=O)n(C)n(C(F)F)c2=O)c(F)cc1[N+](=O)[O-]. The molecule has 0 bridgehead atoms. The Kier molecular flexibility index (Phi) is 4.72. The van der Waals surface area contributed by atoms with Crippen molar-refractivity contribution in [3.8, 4) is 5.69 Å². The van der Waals surface area contributed by atoms with E-state index in [9.17, 15) is 32.9 Å². The van der Waals surface area contributed by atoms with Crippen LogP contribution in [0.3, 0.4) is 0 Å². The fraction of sp³-hybridized carbons (Fsp3) is 0.385. The first-order valence-electron chi connectivity index (χ1n) is 6.99. The Bertz CT molecular complexity index is 944. The Balaban J connectivity index is 2.81. The van der Waals surface area contributed by atoms with Crippen LogP contribution in [0.1, 0.15) is 20.4 Å². The van der Waals surface area contributed by atoms with Gasteiger partial charge < -0.3 is 5.32 Å². The molecule has 136 valence electrons. The monoisotopic (exact) mass is 361 g/mol. The van der Waals surface area contributed by atoms with Crippen LogP contribution in [0.15, 0.2) is 21.7 Å². The molecule has 0 aliphatic rings. The summed E-state index contributed by atoms with van der Waals surface area (Å²) < 4.78 is 40.5. The van der Waals surface area contributed by atoms with Crippen LogP contribution in [-0.2, 0) is 7.05 Å². The second kappa shape index (κ2) is 6.45. The smallest absolute Gasteiger partial charge is 0.356 e. The first-order valence-corrected chi connectivity index (χ1v) is 6.99. The normalized spacial score (nSPS) is 11.4. The molecule has 2 rings (SSSR count). The number of benzene rings is 1.